The van der Waals surface area contributed by atoms with Gasteiger partial charge in [0.2, 0.25) is 0 Å². The Labute approximate surface area is 228 Å². The average molecular weight is 531 g/mol. The van der Waals surface area contributed by atoms with Gasteiger partial charge in [0, 0.05) is 37.7 Å². The number of carboxylic acid groups (broad SMARTS) is 1. The highest BCUT2D eigenvalue weighted by atomic mass is 19.1. The van der Waals surface area contributed by atoms with Crippen LogP contribution in [0, 0.1) is 18.7 Å². The number of para-hydroxylation sites is 1. The zero-order valence-electron chi connectivity index (χ0n) is 23.1. The van der Waals surface area contributed by atoms with E-state index in [4.69, 9.17) is 4.74 Å². The summed E-state index contributed by atoms with van der Waals surface area (Å²) in [5, 5.41) is 18.1. The van der Waals surface area contributed by atoms with E-state index in [9.17, 15) is 9.90 Å². The number of ether oxygens (including phenoxy) is 1. The second-order valence-corrected chi connectivity index (χ2v) is 11.1. The SMILES string of the molecule is CCn1nnc2c(F)c(C(c3ccc(C)c(CN4Cc5ccccc5OC(C)(C)C4)c3)C(C)C(=O)O)ccc21. The van der Waals surface area contributed by atoms with Crippen LogP contribution in [0.15, 0.2) is 54.6 Å². The highest BCUT2D eigenvalue weighted by Gasteiger charge is 2.32. The third-order valence-electron chi connectivity index (χ3n) is 7.66. The van der Waals surface area contributed by atoms with Crippen molar-refractivity contribution in [2.45, 2.75) is 65.8 Å². The number of nitrogens with zero attached hydrogens (tertiary/aromatic N) is 4. The molecule has 1 aliphatic rings. The summed E-state index contributed by atoms with van der Waals surface area (Å²) < 4.78 is 23.8. The zero-order chi connectivity index (χ0) is 27.9. The average Bonchev–Trinajstić information content (AvgIpc) is 3.26. The van der Waals surface area contributed by atoms with Gasteiger partial charge in [-0.1, -0.05) is 54.6 Å². The Bertz CT molecular complexity index is 1530. The van der Waals surface area contributed by atoms with Crippen molar-refractivity contribution >= 4 is 17.0 Å². The number of aliphatic carboxylic acids is 1. The van der Waals surface area contributed by atoms with Crippen LogP contribution in [0.5, 0.6) is 5.75 Å². The maximum Gasteiger partial charge on any atom is 0.307 e. The first-order chi connectivity index (χ1) is 18.6. The minimum absolute atomic E-state index is 0.162. The minimum Gasteiger partial charge on any atom is -0.486 e. The maximum atomic E-state index is 15.9. The number of hydrogen-bond acceptors (Lipinski definition) is 5. The second-order valence-electron chi connectivity index (χ2n) is 11.1. The lowest BCUT2D eigenvalue weighted by atomic mass is 9.80. The van der Waals surface area contributed by atoms with Crippen LogP contribution in [-0.4, -0.2) is 43.1 Å². The van der Waals surface area contributed by atoms with E-state index in [1.54, 1.807) is 23.7 Å². The molecular formula is C31H35FN4O3. The van der Waals surface area contributed by atoms with Crippen molar-refractivity contribution < 1.29 is 19.0 Å². The van der Waals surface area contributed by atoms with Crippen LogP contribution < -0.4 is 4.74 Å². The number of halogens is 1. The van der Waals surface area contributed by atoms with E-state index in [2.05, 4.69) is 42.0 Å². The van der Waals surface area contributed by atoms with E-state index in [1.165, 1.54) is 0 Å². The number of fused-ring (bicyclic) bond motifs is 2. The van der Waals surface area contributed by atoms with E-state index in [-0.39, 0.29) is 11.1 Å². The molecule has 39 heavy (non-hydrogen) atoms. The third kappa shape index (κ3) is 5.26. The Kier molecular flexibility index (Phi) is 7.16. The predicted molar refractivity (Wildman–Crippen MR) is 148 cm³/mol. The second kappa shape index (κ2) is 10.4. The molecule has 5 rings (SSSR count). The lowest BCUT2D eigenvalue weighted by Crippen LogP contribution is -2.40. The van der Waals surface area contributed by atoms with Crippen LogP contribution in [0.25, 0.3) is 11.0 Å². The monoisotopic (exact) mass is 530 g/mol. The van der Waals surface area contributed by atoms with Gasteiger partial charge in [-0.15, -0.1) is 5.10 Å². The first-order valence-electron chi connectivity index (χ1n) is 13.4. The van der Waals surface area contributed by atoms with Crippen LogP contribution in [-0.2, 0) is 24.4 Å². The molecule has 7 nitrogen and oxygen atoms in total. The summed E-state index contributed by atoms with van der Waals surface area (Å²) >= 11 is 0. The standard InChI is InChI=1S/C31H35FN4O3/c1-6-36-25-14-13-24(28(32)29(25)33-34-36)27(20(3)30(37)38)21-12-11-19(2)23(15-21)17-35-16-22-9-7-8-10-26(22)39-31(4,5)18-35/h7-15,20,27H,6,16-18H2,1-5H3,(H,37,38). The minimum atomic E-state index is -0.984. The van der Waals surface area contributed by atoms with Gasteiger partial charge in [0.1, 0.15) is 16.9 Å². The molecule has 8 heteroatoms. The number of carboxylic acids is 1. The van der Waals surface area contributed by atoms with Crippen molar-refractivity contribution in [3.8, 4) is 5.75 Å². The molecule has 0 radical (unpaired) electrons. The van der Waals surface area contributed by atoms with E-state index in [0.717, 1.165) is 41.1 Å². The van der Waals surface area contributed by atoms with Crippen molar-refractivity contribution in [1.82, 2.24) is 19.9 Å². The van der Waals surface area contributed by atoms with Crippen LogP contribution in [0.2, 0.25) is 0 Å². The first-order valence-corrected chi connectivity index (χ1v) is 13.4. The molecule has 1 N–H and O–H groups in total. The van der Waals surface area contributed by atoms with Crippen molar-refractivity contribution in [2.75, 3.05) is 6.54 Å². The molecule has 0 fully saturated rings. The maximum absolute atomic E-state index is 15.9. The molecule has 4 aromatic rings. The topological polar surface area (TPSA) is 80.5 Å². The van der Waals surface area contributed by atoms with Crippen molar-refractivity contribution in [1.29, 1.82) is 0 Å². The van der Waals surface area contributed by atoms with Gasteiger partial charge in [-0.2, -0.15) is 0 Å². The molecule has 1 aliphatic heterocycles. The summed E-state index contributed by atoms with van der Waals surface area (Å²) in [7, 11) is 0. The molecule has 0 amide bonds. The van der Waals surface area contributed by atoms with Crippen molar-refractivity contribution in [3.05, 3.63) is 88.2 Å². The predicted octanol–water partition coefficient (Wildman–Crippen LogP) is 5.92. The molecule has 0 bridgehead atoms. The van der Waals surface area contributed by atoms with Gasteiger partial charge in [-0.3, -0.25) is 9.69 Å². The molecular weight excluding hydrogens is 495 g/mol. The highest BCUT2D eigenvalue weighted by Crippen LogP contribution is 2.37. The Morgan fingerprint density at radius 2 is 1.95 bits per heavy atom. The number of rotatable bonds is 7. The third-order valence-corrected chi connectivity index (χ3v) is 7.66. The quantitative estimate of drug-likeness (QED) is 0.319. The van der Waals surface area contributed by atoms with E-state index in [0.29, 0.717) is 24.2 Å². The summed E-state index contributed by atoms with van der Waals surface area (Å²) in [6.07, 6.45) is 0. The molecule has 0 aliphatic carbocycles. The summed E-state index contributed by atoms with van der Waals surface area (Å²) in [5.41, 5.74) is 4.75. The number of carbonyl (C=O) groups is 1. The molecule has 0 spiro atoms. The lowest BCUT2D eigenvalue weighted by molar-refractivity contribution is -0.141. The number of benzene rings is 3. The van der Waals surface area contributed by atoms with E-state index >= 15 is 4.39 Å². The molecule has 1 aromatic heterocycles. The fourth-order valence-corrected chi connectivity index (χ4v) is 5.68. The molecule has 2 unspecified atom stereocenters. The Morgan fingerprint density at radius 1 is 1.18 bits per heavy atom. The first kappa shape index (κ1) is 26.8. The van der Waals surface area contributed by atoms with Gasteiger partial charge < -0.3 is 9.84 Å². The summed E-state index contributed by atoms with van der Waals surface area (Å²) in [6.45, 7) is 12.4. The van der Waals surface area contributed by atoms with Crippen molar-refractivity contribution in [2.24, 2.45) is 5.92 Å². The van der Waals surface area contributed by atoms with Crippen molar-refractivity contribution in [3.63, 3.8) is 0 Å². The van der Waals surface area contributed by atoms with Gasteiger partial charge in [-0.05, 0) is 62.1 Å². The fraction of sp³-hybridized carbons (Fsp3) is 0.387. The number of hydrogen-bond donors (Lipinski definition) is 1. The summed E-state index contributed by atoms with van der Waals surface area (Å²) in [5.74, 6) is -2.15. The summed E-state index contributed by atoms with van der Waals surface area (Å²) in [6, 6.07) is 17.5. The van der Waals surface area contributed by atoms with Crippen LogP contribution in [0.3, 0.4) is 0 Å². The Balaban J connectivity index is 1.54. The van der Waals surface area contributed by atoms with Gasteiger partial charge in [0.25, 0.3) is 0 Å². The zero-order valence-corrected chi connectivity index (χ0v) is 23.1. The van der Waals surface area contributed by atoms with Crippen LogP contribution >= 0.6 is 0 Å². The smallest absolute Gasteiger partial charge is 0.307 e. The molecule has 3 aromatic carbocycles. The molecule has 2 heterocycles. The summed E-state index contributed by atoms with van der Waals surface area (Å²) in [4.78, 5) is 14.6. The fourth-order valence-electron chi connectivity index (χ4n) is 5.68. The number of aromatic nitrogens is 3. The van der Waals surface area contributed by atoms with Crippen LogP contribution in [0.1, 0.15) is 61.4 Å². The molecule has 204 valence electrons. The molecule has 0 saturated heterocycles. The molecule has 2 atom stereocenters. The van der Waals surface area contributed by atoms with Gasteiger partial charge in [0.15, 0.2) is 5.82 Å². The Morgan fingerprint density at radius 3 is 2.69 bits per heavy atom. The van der Waals surface area contributed by atoms with E-state index < -0.39 is 23.6 Å². The highest BCUT2D eigenvalue weighted by molar-refractivity contribution is 5.78. The number of aryl methyl sites for hydroxylation is 2. The van der Waals surface area contributed by atoms with Crippen LogP contribution in [0.4, 0.5) is 4.39 Å². The Hall–Kier alpha value is -3.78. The normalized spacial score (nSPS) is 16.8. The molecule has 0 saturated carbocycles. The van der Waals surface area contributed by atoms with Gasteiger partial charge in [0.05, 0.1) is 11.4 Å². The lowest BCUT2D eigenvalue weighted by Gasteiger charge is -2.30. The van der Waals surface area contributed by atoms with Gasteiger partial charge in [-0.25, -0.2) is 9.07 Å². The van der Waals surface area contributed by atoms with E-state index in [1.807, 2.05) is 43.3 Å². The van der Waals surface area contributed by atoms with Gasteiger partial charge >= 0.3 is 5.97 Å². The largest absolute Gasteiger partial charge is 0.486 e.